The highest BCUT2D eigenvalue weighted by Crippen LogP contribution is 2.25. The molecule has 2 aromatic rings. The van der Waals surface area contributed by atoms with Crippen molar-refractivity contribution in [2.75, 3.05) is 0 Å². The first-order valence-electron chi connectivity index (χ1n) is 5.67. The predicted molar refractivity (Wildman–Crippen MR) is 74.6 cm³/mol. The zero-order valence-electron chi connectivity index (χ0n) is 10.4. The summed E-state index contributed by atoms with van der Waals surface area (Å²) in [5, 5.41) is 21.5. The number of benzene rings is 1. The Hall–Kier alpha value is -2.74. The molecule has 1 aromatic heterocycles. The van der Waals surface area contributed by atoms with Crippen molar-refractivity contribution in [2.45, 2.75) is 6.54 Å². The average molecular weight is 310 g/mol. The van der Waals surface area contributed by atoms with E-state index in [2.05, 4.69) is 0 Å². The Morgan fingerprint density at radius 1 is 1.10 bits per heavy atom. The zero-order valence-corrected chi connectivity index (χ0v) is 11.2. The molecule has 0 fully saturated rings. The molecule has 0 saturated heterocycles. The van der Waals surface area contributed by atoms with Gasteiger partial charge in [-0.05, 0) is 17.7 Å². The minimum Gasteiger partial charge on any atom is -0.305 e. The van der Waals surface area contributed by atoms with Gasteiger partial charge in [0.05, 0.1) is 16.4 Å². The summed E-state index contributed by atoms with van der Waals surface area (Å²) in [6.07, 6.45) is 1.37. The van der Waals surface area contributed by atoms with Gasteiger partial charge in [-0.15, -0.1) is 0 Å². The summed E-state index contributed by atoms with van der Waals surface area (Å²) < 4.78 is 1.10. The molecular formula is C12H8ClN3O5. The quantitative estimate of drug-likeness (QED) is 0.636. The summed E-state index contributed by atoms with van der Waals surface area (Å²) in [6, 6.07) is 6.55. The van der Waals surface area contributed by atoms with E-state index in [-0.39, 0.29) is 17.3 Å². The Kier molecular flexibility index (Phi) is 3.99. The Bertz CT molecular complexity index is 787. The highest BCUT2D eigenvalue weighted by atomic mass is 35.5. The molecule has 0 saturated carbocycles. The van der Waals surface area contributed by atoms with E-state index in [1.807, 2.05) is 0 Å². The topological polar surface area (TPSA) is 108 Å². The van der Waals surface area contributed by atoms with Crippen molar-refractivity contribution in [1.29, 1.82) is 0 Å². The van der Waals surface area contributed by atoms with Crippen molar-refractivity contribution in [3.05, 3.63) is 77.7 Å². The van der Waals surface area contributed by atoms with Gasteiger partial charge in [-0.25, -0.2) is 0 Å². The molecule has 0 aliphatic carbocycles. The largest absolute Gasteiger partial charge is 0.334 e. The number of aromatic nitrogens is 1. The number of nitro benzene ring substituents is 1. The molecule has 21 heavy (non-hydrogen) atoms. The molecule has 0 unspecified atom stereocenters. The van der Waals surface area contributed by atoms with Gasteiger partial charge in [0.15, 0.2) is 0 Å². The van der Waals surface area contributed by atoms with E-state index >= 15 is 0 Å². The van der Waals surface area contributed by atoms with Crippen LogP contribution in [0.25, 0.3) is 0 Å². The summed E-state index contributed by atoms with van der Waals surface area (Å²) in [7, 11) is 0. The standard InChI is InChI=1S/C12H8ClN3O5/c13-9-4-3-8(6-11(9)16(20)21)7-14-5-1-2-10(12(14)17)15(18)19/h1-6H,7H2. The van der Waals surface area contributed by atoms with Gasteiger partial charge in [0.1, 0.15) is 5.02 Å². The van der Waals surface area contributed by atoms with Crippen molar-refractivity contribution < 1.29 is 9.85 Å². The molecule has 0 aliphatic rings. The van der Waals surface area contributed by atoms with Crippen LogP contribution in [0, 0.1) is 20.2 Å². The lowest BCUT2D eigenvalue weighted by atomic mass is 10.2. The second kappa shape index (κ2) is 5.71. The van der Waals surface area contributed by atoms with Crippen LogP contribution < -0.4 is 5.56 Å². The highest BCUT2D eigenvalue weighted by Gasteiger charge is 2.16. The molecule has 0 radical (unpaired) electrons. The molecule has 0 aliphatic heterocycles. The molecule has 108 valence electrons. The van der Waals surface area contributed by atoms with E-state index in [0.717, 1.165) is 10.6 Å². The minimum atomic E-state index is -0.778. The summed E-state index contributed by atoms with van der Waals surface area (Å²) in [4.78, 5) is 32.0. The summed E-state index contributed by atoms with van der Waals surface area (Å²) in [5.74, 6) is 0. The Labute approximate surface area is 122 Å². The molecular weight excluding hydrogens is 302 g/mol. The summed E-state index contributed by atoms with van der Waals surface area (Å²) in [5.41, 5.74) is -1.18. The third-order valence-electron chi connectivity index (χ3n) is 2.76. The number of nitro groups is 2. The lowest BCUT2D eigenvalue weighted by Crippen LogP contribution is -2.22. The molecule has 9 heteroatoms. The van der Waals surface area contributed by atoms with E-state index in [9.17, 15) is 25.0 Å². The fourth-order valence-electron chi connectivity index (χ4n) is 1.78. The van der Waals surface area contributed by atoms with Crippen LogP contribution in [0.2, 0.25) is 5.02 Å². The number of halogens is 1. The molecule has 0 spiro atoms. The Morgan fingerprint density at radius 2 is 1.76 bits per heavy atom. The number of rotatable bonds is 4. The molecule has 0 atom stereocenters. The van der Waals surface area contributed by atoms with Crippen LogP contribution in [0.4, 0.5) is 11.4 Å². The van der Waals surface area contributed by atoms with Crippen LogP contribution in [-0.2, 0) is 6.54 Å². The van der Waals surface area contributed by atoms with E-state index < -0.39 is 21.1 Å². The third-order valence-corrected chi connectivity index (χ3v) is 3.08. The minimum absolute atomic E-state index is 0.0184. The van der Waals surface area contributed by atoms with Crippen molar-refractivity contribution in [3.8, 4) is 0 Å². The van der Waals surface area contributed by atoms with Gasteiger partial charge >= 0.3 is 11.2 Å². The van der Waals surface area contributed by atoms with Crippen LogP contribution >= 0.6 is 11.6 Å². The number of pyridine rings is 1. The molecule has 0 N–H and O–H groups in total. The molecule has 1 aromatic carbocycles. The smallest absolute Gasteiger partial charge is 0.305 e. The van der Waals surface area contributed by atoms with E-state index in [1.165, 1.54) is 30.5 Å². The fourth-order valence-corrected chi connectivity index (χ4v) is 1.97. The van der Waals surface area contributed by atoms with E-state index in [1.54, 1.807) is 0 Å². The predicted octanol–water partition coefficient (Wildman–Crippen LogP) is 2.37. The first kappa shape index (κ1) is 14.7. The molecule has 0 amide bonds. The first-order chi connectivity index (χ1) is 9.90. The maximum atomic E-state index is 11.9. The Morgan fingerprint density at radius 3 is 2.38 bits per heavy atom. The first-order valence-corrected chi connectivity index (χ1v) is 6.04. The fraction of sp³-hybridized carbons (Fsp3) is 0.0833. The number of hydrogen-bond donors (Lipinski definition) is 0. The van der Waals surface area contributed by atoms with Gasteiger partial charge < -0.3 is 4.57 Å². The maximum absolute atomic E-state index is 11.9. The summed E-state index contributed by atoms with van der Waals surface area (Å²) >= 11 is 5.69. The van der Waals surface area contributed by atoms with Gasteiger partial charge in [-0.3, -0.25) is 25.0 Å². The second-order valence-electron chi connectivity index (χ2n) is 4.13. The SMILES string of the molecule is O=c1c([N+](=O)[O-])cccn1Cc1ccc(Cl)c([N+](=O)[O-])c1. The summed E-state index contributed by atoms with van der Waals surface area (Å²) in [6.45, 7) is -0.0292. The van der Waals surface area contributed by atoms with E-state index in [4.69, 9.17) is 11.6 Å². The van der Waals surface area contributed by atoms with Crippen LogP contribution in [0.5, 0.6) is 0 Å². The number of hydrogen-bond acceptors (Lipinski definition) is 5. The molecule has 8 nitrogen and oxygen atoms in total. The zero-order chi connectivity index (χ0) is 15.6. The van der Waals surface area contributed by atoms with Crippen LogP contribution in [-0.4, -0.2) is 14.4 Å². The van der Waals surface area contributed by atoms with Crippen molar-refractivity contribution >= 4 is 23.0 Å². The van der Waals surface area contributed by atoms with Gasteiger partial charge in [-0.2, -0.15) is 0 Å². The van der Waals surface area contributed by atoms with Crippen molar-refractivity contribution in [1.82, 2.24) is 4.57 Å². The normalized spacial score (nSPS) is 10.3. The lowest BCUT2D eigenvalue weighted by Gasteiger charge is -2.06. The van der Waals surface area contributed by atoms with Crippen LogP contribution in [0.1, 0.15) is 5.56 Å². The molecule has 1 heterocycles. The van der Waals surface area contributed by atoms with Crippen molar-refractivity contribution in [2.24, 2.45) is 0 Å². The second-order valence-corrected chi connectivity index (χ2v) is 4.53. The molecule has 2 rings (SSSR count). The Balaban J connectivity index is 2.42. The van der Waals surface area contributed by atoms with Crippen LogP contribution in [0.3, 0.4) is 0 Å². The third kappa shape index (κ3) is 3.06. The number of nitrogens with zero attached hydrogens (tertiary/aromatic N) is 3. The van der Waals surface area contributed by atoms with Crippen molar-refractivity contribution in [3.63, 3.8) is 0 Å². The monoisotopic (exact) mass is 309 g/mol. The highest BCUT2D eigenvalue weighted by molar-refractivity contribution is 6.32. The van der Waals surface area contributed by atoms with Gasteiger partial charge in [0, 0.05) is 18.3 Å². The maximum Gasteiger partial charge on any atom is 0.334 e. The van der Waals surface area contributed by atoms with Gasteiger partial charge in [0.2, 0.25) is 0 Å². The average Bonchev–Trinajstić information content (AvgIpc) is 2.42. The molecule has 0 bridgehead atoms. The van der Waals surface area contributed by atoms with Gasteiger partial charge in [-0.1, -0.05) is 17.7 Å². The van der Waals surface area contributed by atoms with Crippen LogP contribution in [0.15, 0.2) is 41.3 Å². The van der Waals surface area contributed by atoms with E-state index in [0.29, 0.717) is 5.56 Å². The lowest BCUT2D eigenvalue weighted by molar-refractivity contribution is -0.386. The van der Waals surface area contributed by atoms with Gasteiger partial charge in [0.25, 0.3) is 5.69 Å².